The molecule has 0 aliphatic heterocycles. The van der Waals surface area contributed by atoms with Crippen LogP contribution in [-0.4, -0.2) is 17.7 Å². The maximum atomic E-state index is 11.2. The van der Waals surface area contributed by atoms with Gasteiger partial charge in [0.25, 0.3) is 0 Å². The summed E-state index contributed by atoms with van der Waals surface area (Å²) in [5, 5.41) is 9.82. The molecule has 0 heterocycles. The van der Waals surface area contributed by atoms with Gasteiger partial charge < -0.3 is 9.84 Å². The zero-order chi connectivity index (χ0) is 11.4. The quantitative estimate of drug-likeness (QED) is 0.838. The number of esters is 1. The van der Waals surface area contributed by atoms with Crippen LogP contribution in [0.25, 0.3) is 0 Å². The molecular weight excluding hydrogens is 239 g/mol. The van der Waals surface area contributed by atoms with Gasteiger partial charge in [0.1, 0.15) is 5.75 Å². The number of phenolic OH excluding ortho intramolecular Hbond substituents is 1. The highest BCUT2D eigenvalue weighted by Gasteiger charge is 2.12. The summed E-state index contributed by atoms with van der Waals surface area (Å²) in [5.41, 5.74) is 0.458. The van der Waals surface area contributed by atoms with Crippen LogP contribution >= 0.6 is 23.2 Å². The monoisotopic (exact) mass is 248 g/mol. The molecule has 0 aliphatic rings. The van der Waals surface area contributed by atoms with E-state index in [0.717, 1.165) is 0 Å². The number of halogens is 2. The molecule has 0 bridgehead atoms. The van der Waals surface area contributed by atoms with Gasteiger partial charge in [-0.1, -0.05) is 23.2 Å². The fraction of sp³-hybridized carbons (Fsp3) is 0.300. The summed E-state index contributed by atoms with van der Waals surface area (Å²) in [6, 6.07) is 2.85. The Bertz CT molecular complexity index is 377. The Hall–Kier alpha value is -0.930. The zero-order valence-electron chi connectivity index (χ0n) is 8.09. The van der Waals surface area contributed by atoms with Crippen molar-refractivity contribution < 1.29 is 14.6 Å². The van der Waals surface area contributed by atoms with Gasteiger partial charge in [0.05, 0.1) is 18.1 Å². The van der Waals surface area contributed by atoms with Gasteiger partial charge in [-0.2, -0.15) is 0 Å². The minimum absolute atomic E-state index is 0.000787. The first-order chi connectivity index (χ1) is 7.04. The van der Waals surface area contributed by atoms with Crippen LogP contribution in [0.15, 0.2) is 12.1 Å². The minimum Gasteiger partial charge on any atom is -0.506 e. The molecule has 0 saturated heterocycles. The molecule has 1 aromatic rings. The minimum atomic E-state index is -0.402. The van der Waals surface area contributed by atoms with Crippen LogP contribution in [0, 0.1) is 0 Å². The van der Waals surface area contributed by atoms with Gasteiger partial charge >= 0.3 is 5.97 Å². The Morgan fingerprint density at radius 3 is 2.73 bits per heavy atom. The van der Waals surface area contributed by atoms with E-state index in [1.807, 2.05) is 0 Å². The summed E-state index contributed by atoms with van der Waals surface area (Å²) in [5.74, 6) is -0.537. The molecule has 1 aromatic carbocycles. The van der Waals surface area contributed by atoms with E-state index in [9.17, 15) is 9.90 Å². The van der Waals surface area contributed by atoms with E-state index in [2.05, 4.69) is 0 Å². The summed E-state index contributed by atoms with van der Waals surface area (Å²) >= 11 is 11.5. The molecule has 0 spiro atoms. The highest BCUT2D eigenvalue weighted by atomic mass is 35.5. The fourth-order valence-electron chi connectivity index (χ4n) is 1.13. The van der Waals surface area contributed by atoms with E-state index in [0.29, 0.717) is 17.2 Å². The number of ether oxygens (including phenoxy) is 1. The molecule has 0 atom stereocenters. The van der Waals surface area contributed by atoms with Crippen molar-refractivity contribution in [1.29, 1.82) is 0 Å². The van der Waals surface area contributed by atoms with Gasteiger partial charge in [-0.3, -0.25) is 4.79 Å². The van der Waals surface area contributed by atoms with Gasteiger partial charge in [0.15, 0.2) is 0 Å². The first-order valence-electron chi connectivity index (χ1n) is 4.37. The standard InChI is InChI=1S/C10H10Cl2O3/c1-2-15-9(14)4-6-3-7(11)5-8(13)10(6)12/h3,5,13H,2,4H2,1H3. The number of carbonyl (C=O) groups is 1. The van der Waals surface area contributed by atoms with Crippen LogP contribution in [0.3, 0.4) is 0 Å². The number of hydrogen-bond donors (Lipinski definition) is 1. The first-order valence-corrected chi connectivity index (χ1v) is 5.12. The van der Waals surface area contributed by atoms with E-state index in [-0.39, 0.29) is 17.2 Å². The van der Waals surface area contributed by atoms with Crippen molar-refractivity contribution in [3.8, 4) is 5.75 Å². The van der Waals surface area contributed by atoms with Crippen LogP contribution < -0.4 is 0 Å². The SMILES string of the molecule is CCOC(=O)Cc1cc(Cl)cc(O)c1Cl. The molecule has 0 unspecified atom stereocenters. The zero-order valence-corrected chi connectivity index (χ0v) is 9.60. The molecule has 0 amide bonds. The molecule has 5 heteroatoms. The Morgan fingerprint density at radius 1 is 1.47 bits per heavy atom. The van der Waals surface area contributed by atoms with E-state index >= 15 is 0 Å². The molecule has 15 heavy (non-hydrogen) atoms. The number of benzene rings is 1. The second kappa shape index (κ2) is 5.24. The highest BCUT2D eigenvalue weighted by Crippen LogP contribution is 2.31. The average molecular weight is 249 g/mol. The van der Waals surface area contributed by atoms with Crippen LogP contribution in [0.1, 0.15) is 12.5 Å². The topological polar surface area (TPSA) is 46.5 Å². The summed E-state index contributed by atoms with van der Waals surface area (Å²) in [6.45, 7) is 2.03. The smallest absolute Gasteiger partial charge is 0.310 e. The second-order valence-corrected chi connectivity index (χ2v) is 3.69. The Balaban J connectivity index is 2.89. The van der Waals surface area contributed by atoms with Crippen molar-refractivity contribution in [1.82, 2.24) is 0 Å². The van der Waals surface area contributed by atoms with Crippen LogP contribution in [-0.2, 0) is 16.0 Å². The van der Waals surface area contributed by atoms with E-state index < -0.39 is 5.97 Å². The van der Waals surface area contributed by atoms with Crippen molar-refractivity contribution >= 4 is 29.2 Å². The highest BCUT2D eigenvalue weighted by molar-refractivity contribution is 6.35. The molecule has 1 rings (SSSR count). The molecular formula is C10H10Cl2O3. The third-order valence-corrected chi connectivity index (χ3v) is 2.39. The lowest BCUT2D eigenvalue weighted by atomic mass is 10.1. The maximum absolute atomic E-state index is 11.2. The van der Waals surface area contributed by atoms with Crippen molar-refractivity contribution in [2.45, 2.75) is 13.3 Å². The summed E-state index contributed by atoms with van der Waals surface area (Å²) in [7, 11) is 0. The molecule has 0 radical (unpaired) electrons. The summed E-state index contributed by atoms with van der Waals surface area (Å²) < 4.78 is 4.76. The van der Waals surface area contributed by atoms with Gasteiger partial charge in [-0.25, -0.2) is 0 Å². The Kier molecular flexibility index (Phi) is 4.24. The second-order valence-electron chi connectivity index (χ2n) is 2.88. The predicted molar refractivity (Wildman–Crippen MR) is 58.5 cm³/mol. The summed E-state index contributed by atoms with van der Waals surface area (Å²) in [6.07, 6.45) is 0.000787. The van der Waals surface area contributed by atoms with Gasteiger partial charge in [-0.15, -0.1) is 0 Å². The molecule has 0 aromatic heterocycles. The molecule has 3 nitrogen and oxygen atoms in total. The van der Waals surface area contributed by atoms with Gasteiger partial charge in [-0.05, 0) is 18.6 Å². The number of rotatable bonds is 3. The van der Waals surface area contributed by atoms with Crippen LogP contribution in [0.5, 0.6) is 5.75 Å². The predicted octanol–water partition coefficient (Wildman–Crippen LogP) is 2.80. The lowest BCUT2D eigenvalue weighted by molar-refractivity contribution is -0.142. The number of phenols is 1. The molecule has 1 N–H and O–H groups in total. The van der Waals surface area contributed by atoms with Crippen molar-refractivity contribution in [2.75, 3.05) is 6.61 Å². The Morgan fingerprint density at radius 2 is 2.13 bits per heavy atom. The first kappa shape index (κ1) is 12.1. The van der Waals surface area contributed by atoms with Crippen LogP contribution in [0.4, 0.5) is 0 Å². The molecule has 0 aliphatic carbocycles. The lowest BCUT2D eigenvalue weighted by Crippen LogP contribution is -2.07. The maximum Gasteiger partial charge on any atom is 0.310 e. The van der Waals surface area contributed by atoms with Crippen molar-refractivity contribution in [3.63, 3.8) is 0 Å². The normalized spacial score (nSPS) is 10.1. The number of hydrogen-bond acceptors (Lipinski definition) is 3. The number of aromatic hydroxyl groups is 1. The third kappa shape index (κ3) is 3.29. The molecule has 0 fully saturated rings. The summed E-state index contributed by atoms with van der Waals surface area (Å²) in [4.78, 5) is 11.2. The van der Waals surface area contributed by atoms with E-state index in [1.165, 1.54) is 12.1 Å². The average Bonchev–Trinajstić information content (AvgIpc) is 2.13. The largest absolute Gasteiger partial charge is 0.506 e. The van der Waals surface area contributed by atoms with Crippen molar-refractivity contribution in [3.05, 3.63) is 27.7 Å². The lowest BCUT2D eigenvalue weighted by Gasteiger charge is -2.06. The molecule has 82 valence electrons. The number of carbonyl (C=O) groups excluding carboxylic acids is 1. The van der Waals surface area contributed by atoms with E-state index in [4.69, 9.17) is 27.9 Å². The fourth-order valence-corrected chi connectivity index (χ4v) is 1.54. The van der Waals surface area contributed by atoms with Gasteiger partial charge in [0, 0.05) is 11.1 Å². The van der Waals surface area contributed by atoms with Gasteiger partial charge in [0.2, 0.25) is 0 Å². The molecule has 0 saturated carbocycles. The van der Waals surface area contributed by atoms with Crippen molar-refractivity contribution in [2.24, 2.45) is 0 Å². The third-order valence-electron chi connectivity index (χ3n) is 1.73. The van der Waals surface area contributed by atoms with E-state index in [1.54, 1.807) is 6.92 Å². The Labute approximate surface area is 97.6 Å². The van der Waals surface area contributed by atoms with Crippen LogP contribution in [0.2, 0.25) is 10.0 Å².